The number of piperidine rings is 1. The Morgan fingerprint density at radius 3 is 2.87 bits per heavy atom. The lowest BCUT2D eigenvalue weighted by molar-refractivity contribution is -0.136. The number of likely N-dealkylation sites (tertiary alicyclic amines) is 1. The molecule has 3 rings (SSSR count). The van der Waals surface area contributed by atoms with E-state index in [-0.39, 0.29) is 24.2 Å². The maximum Gasteiger partial charge on any atom is 0.311 e. The van der Waals surface area contributed by atoms with Crippen molar-refractivity contribution in [2.24, 2.45) is 5.92 Å². The zero-order valence-corrected chi connectivity index (χ0v) is 13.4. The Hall–Kier alpha value is -1.82. The highest BCUT2D eigenvalue weighted by molar-refractivity contribution is 5.97. The van der Waals surface area contributed by atoms with Crippen LogP contribution in [0, 0.1) is 12.8 Å². The third kappa shape index (κ3) is 3.93. The van der Waals surface area contributed by atoms with Crippen LogP contribution in [-0.4, -0.2) is 47.7 Å². The maximum atomic E-state index is 12.8. The number of aliphatic carboxylic acids is 1. The molecule has 2 fully saturated rings. The summed E-state index contributed by atoms with van der Waals surface area (Å²) in [5, 5.41) is 8.96. The summed E-state index contributed by atoms with van der Waals surface area (Å²) in [6.45, 7) is 3.82. The molecule has 2 aliphatic rings. The average Bonchev–Trinajstić information content (AvgIpc) is 3.28. The summed E-state index contributed by atoms with van der Waals surface area (Å²) in [5.74, 6) is -0.203. The van der Waals surface area contributed by atoms with E-state index in [0.717, 1.165) is 19.4 Å². The average molecular weight is 321 g/mol. The van der Waals surface area contributed by atoms with E-state index >= 15 is 0 Å². The molecule has 1 aliphatic carbocycles. The standard InChI is InChI=1S/C17H23NO5/c1-11-9-23-14(7-15(19)20)16(11)17(21)18-6-2-3-13(8-18)22-10-12-4-5-12/h9,12-13H,2-8,10H2,1H3,(H,19,20). The van der Waals surface area contributed by atoms with Crippen LogP contribution in [0.4, 0.5) is 0 Å². The topological polar surface area (TPSA) is 80.0 Å². The molecule has 0 aromatic carbocycles. The van der Waals surface area contributed by atoms with Crippen LogP contribution in [-0.2, 0) is 16.0 Å². The number of amides is 1. The number of aryl methyl sites for hydroxylation is 1. The van der Waals surface area contributed by atoms with Crippen molar-refractivity contribution in [3.63, 3.8) is 0 Å². The molecule has 0 bridgehead atoms. The monoisotopic (exact) mass is 321 g/mol. The Morgan fingerprint density at radius 1 is 1.39 bits per heavy atom. The van der Waals surface area contributed by atoms with Crippen LogP contribution in [0.3, 0.4) is 0 Å². The van der Waals surface area contributed by atoms with E-state index in [0.29, 0.717) is 30.1 Å². The Kier molecular flexibility index (Phi) is 4.71. The number of carboxylic acid groups (broad SMARTS) is 1. The zero-order valence-electron chi connectivity index (χ0n) is 13.4. The van der Waals surface area contributed by atoms with Crippen molar-refractivity contribution < 1.29 is 23.8 Å². The molecule has 1 N–H and O–H groups in total. The Balaban J connectivity index is 1.66. The first kappa shape index (κ1) is 16.1. The van der Waals surface area contributed by atoms with Gasteiger partial charge in [0.15, 0.2) is 0 Å². The SMILES string of the molecule is Cc1coc(CC(=O)O)c1C(=O)N1CCCC(OCC2CC2)C1. The fourth-order valence-corrected chi connectivity index (χ4v) is 3.03. The number of hydrogen-bond acceptors (Lipinski definition) is 4. The van der Waals surface area contributed by atoms with Gasteiger partial charge in [0.2, 0.25) is 0 Å². The van der Waals surface area contributed by atoms with Gasteiger partial charge in [-0.05, 0) is 38.5 Å². The quantitative estimate of drug-likeness (QED) is 0.869. The lowest BCUT2D eigenvalue weighted by Crippen LogP contribution is -2.43. The minimum absolute atomic E-state index is 0.0865. The fraction of sp³-hybridized carbons (Fsp3) is 0.647. The number of carbonyl (C=O) groups excluding carboxylic acids is 1. The fourth-order valence-electron chi connectivity index (χ4n) is 3.03. The van der Waals surface area contributed by atoms with Gasteiger partial charge in [-0.25, -0.2) is 0 Å². The minimum Gasteiger partial charge on any atom is -0.481 e. The van der Waals surface area contributed by atoms with Gasteiger partial charge in [-0.1, -0.05) is 0 Å². The first-order valence-corrected chi connectivity index (χ1v) is 8.24. The molecule has 1 aromatic heterocycles. The largest absolute Gasteiger partial charge is 0.481 e. The molecule has 0 radical (unpaired) electrons. The zero-order chi connectivity index (χ0) is 16.4. The molecule has 6 heteroatoms. The molecular formula is C17H23NO5. The van der Waals surface area contributed by atoms with Crippen LogP contribution < -0.4 is 0 Å². The number of carboxylic acids is 1. The van der Waals surface area contributed by atoms with E-state index in [1.54, 1.807) is 11.8 Å². The third-order valence-corrected chi connectivity index (χ3v) is 4.51. The summed E-state index contributed by atoms with van der Waals surface area (Å²) in [7, 11) is 0. The van der Waals surface area contributed by atoms with Crippen molar-refractivity contribution in [2.45, 2.75) is 45.1 Å². The first-order valence-electron chi connectivity index (χ1n) is 8.24. The lowest BCUT2D eigenvalue weighted by Gasteiger charge is -2.33. The van der Waals surface area contributed by atoms with Crippen LogP contribution in [0.5, 0.6) is 0 Å². The molecule has 1 unspecified atom stereocenters. The van der Waals surface area contributed by atoms with E-state index in [1.807, 2.05) is 0 Å². The smallest absolute Gasteiger partial charge is 0.311 e. The summed E-state index contributed by atoms with van der Waals surface area (Å²) >= 11 is 0. The van der Waals surface area contributed by atoms with Crippen molar-refractivity contribution in [2.75, 3.05) is 19.7 Å². The van der Waals surface area contributed by atoms with Gasteiger partial charge >= 0.3 is 5.97 Å². The first-order chi connectivity index (χ1) is 11.0. The lowest BCUT2D eigenvalue weighted by atomic mass is 10.0. The molecule has 2 heterocycles. The number of ether oxygens (including phenoxy) is 1. The predicted molar refractivity (Wildman–Crippen MR) is 82.4 cm³/mol. The highest BCUT2D eigenvalue weighted by Crippen LogP contribution is 2.30. The van der Waals surface area contributed by atoms with Gasteiger partial charge < -0.3 is 19.2 Å². The highest BCUT2D eigenvalue weighted by atomic mass is 16.5. The van der Waals surface area contributed by atoms with Gasteiger partial charge in [-0.2, -0.15) is 0 Å². The number of furan rings is 1. The van der Waals surface area contributed by atoms with E-state index in [9.17, 15) is 9.59 Å². The summed E-state index contributed by atoms with van der Waals surface area (Å²) < 4.78 is 11.2. The summed E-state index contributed by atoms with van der Waals surface area (Å²) in [5.41, 5.74) is 1.09. The van der Waals surface area contributed by atoms with E-state index < -0.39 is 5.97 Å². The molecule has 0 spiro atoms. The Labute approximate surface area is 135 Å². The van der Waals surface area contributed by atoms with Gasteiger partial charge in [0.05, 0.1) is 17.9 Å². The molecule has 6 nitrogen and oxygen atoms in total. The third-order valence-electron chi connectivity index (χ3n) is 4.51. The van der Waals surface area contributed by atoms with Crippen molar-refractivity contribution in [3.8, 4) is 0 Å². The molecule has 126 valence electrons. The van der Waals surface area contributed by atoms with Gasteiger partial charge in [0.1, 0.15) is 12.2 Å². The molecule has 23 heavy (non-hydrogen) atoms. The molecular weight excluding hydrogens is 298 g/mol. The van der Waals surface area contributed by atoms with Crippen molar-refractivity contribution in [1.82, 2.24) is 4.90 Å². The second-order valence-electron chi connectivity index (χ2n) is 6.58. The summed E-state index contributed by atoms with van der Waals surface area (Å²) in [6, 6.07) is 0. The van der Waals surface area contributed by atoms with E-state index in [1.165, 1.54) is 19.1 Å². The molecule has 1 atom stereocenters. The van der Waals surface area contributed by atoms with Crippen LogP contribution >= 0.6 is 0 Å². The molecule has 1 saturated carbocycles. The van der Waals surface area contributed by atoms with Gasteiger partial charge in [-0.15, -0.1) is 0 Å². The van der Waals surface area contributed by atoms with E-state index in [4.69, 9.17) is 14.3 Å². The van der Waals surface area contributed by atoms with Crippen molar-refractivity contribution in [1.29, 1.82) is 0 Å². The molecule has 1 amide bonds. The molecule has 1 aromatic rings. The van der Waals surface area contributed by atoms with Crippen LogP contribution in [0.2, 0.25) is 0 Å². The van der Waals surface area contributed by atoms with Gasteiger partial charge in [0, 0.05) is 25.3 Å². The van der Waals surface area contributed by atoms with Crippen LogP contribution in [0.1, 0.15) is 47.4 Å². The van der Waals surface area contributed by atoms with Crippen molar-refractivity contribution >= 4 is 11.9 Å². The second kappa shape index (κ2) is 6.74. The minimum atomic E-state index is -1.00. The van der Waals surface area contributed by atoms with Crippen molar-refractivity contribution in [3.05, 3.63) is 23.2 Å². The van der Waals surface area contributed by atoms with Crippen LogP contribution in [0.15, 0.2) is 10.7 Å². The number of rotatable bonds is 6. The number of nitrogens with zero attached hydrogens (tertiary/aromatic N) is 1. The Bertz CT molecular complexity index is 590. The summed E-state index contributed by atoms with van der Waals surface area (Å²) in [6.07, 6.45) is 5.66. The number of hydrogen-bond donors (Lipinski definition) is 1. The predicted octanol–water partition coefficient (Wildman–Crippen LogP) is 2.25. The maximum absolute atomic E-state index is 12.8. The normalized spacial score (nSPS) is 21.4. The van der Waals surface area contributed by atoms with Gasteiger partial charge in [-0.3, -0.25) is 9.59 Å². The second-order valence-corrected chi connectivity index (χ2v) is 6.58. The molecule has 1 saturated heterocycles. The van der Waals surface area contributed by atoms with Crippen LogP contribution in [0.25, 0.3) is 0 Å². The Morgan fingerprint density at radius 2 is 2.17 bits per heavy atom. The van der Waals surface area contributed by atoms with Gasteiger partial charge in [0.25, 0.3) is 5.91 Å². The number of carbonyl (C=O) groups is 2. The molecule has 1 aliphatic heterocycles. The van der Waals surface area contributed by atoms with E-state index in [2.05, 4.69) is 0 Å². The summed E-state index contributed by atoms with van der Waals surface area (Å²) in [4.78, 5) is 25.5. The highest BCUT2D eigenvalue weighted by Gasteiger charge is 2.30.